The Morgan fingerprint density at radius 3 is 2.64 bits per heavy atom. The summed E-state index contributed by atoms with van der Waals surface area (Å²) in [6, 6.07) is 7.19. The first kappa shape index (κ1) is 20.3. The van der Waals surface area contributed by atoms with Gasteiger partial charge in [0.2, 0.25) is 0 Å². The number of para-hydroxylation sites is 1. The molecule has 28 heavy (non-hydrogen) atoms. The Hall–Kier alpha value is -2.48. The Morgan fingerprint density at radius 2 is 2.00 bits per heavy atom. The van der Waals surface area contributed by atoms with Crippen molar-refractivity contribution in [3.05, 3.63) is 41.1 Å². The van der Waals surface area contributed by atoms with Crippen LogP contribution in [-0.4, -0.2) is 61.4 Å². The quantitative estimate of drug-likeness (QED) is 0.707. The number of fused-ring (bicyclic) bond motifs is 1. The van der Waals surface area contributed by atoms with Crippen molar-refractivity contribution in [2.75, 3.05) is 25.2 Å². The number of pyridine rings is 1. The molecule has 2 aromatic rings. The summed E-state index contributed by atoms with van der Waals surface area (Å²) >= 11 is 0. The van der Waals surface area contributed by atoms with Gasteiger partial charge in [-0.3, -0.25) is 9.78 Å². The predicted octanol–water partition coefficient (Wildman–Crippen LogP) is 1.91. The topological polar surface area (TPSA) is 93.6 Å². The van der Waals surface area contributed by atoms with E-state index in [1.807, 2.05) is 38.1 Å². The van der Waals surface area contributed by atoms with Gasteiger partial charge in [0.05, 0.1) is 28.3 Å². The second-order valence-electron chi connectivity index (χ2n) is 7.07. The zero-order valence-corrected chi connectivity index (χ0v) is 17.1. The first-order valence-electron chi connectivity index (χ1n) is 9.25. The van der Waals surface area contributed by atoms with Gasteiger partial charge in [0.15, 0.2) is 16.4 Å². The molecule has 0 saturated carbocycles. The molecular formula is C20H24N2O5S. The molecule has 1 aromatic heterocycles. The van der Waals surface area contributed by atoms with Gasteiger partial charge in [0.1, 0.15) is 0 Å². The Labute approximate surface area is 164 Å². The van der Waals surface area contributed by atoms with Crippen molar-refractivity contribution in [2.45, 2.75) is 32.7 Å². The summed E-state index contributed by atoms with van der Waals surface area (Å²) in [4.78, 5) is 31.0. The Kier molecular flexibility index (Phi) is 5.69. The molecule has 8 heteroatoms. The lowest BCUT2D eigenvalue weighted by molar-refractivity contribution is -0.134. The van der Waals surface area contributed by atoms with Crippen LogP contribution in [0.2, 0.25) is 0 Å². The van der Waals surface area contributed by atoms with E-state index in [0.29, 0.717) is 24.1 Å². The summed E-state index contributed by atoms with van der Waals surface area (Å²) in [6.07, 6.45) is 0.968. The number of carbonyl (C=O) groups is 2. The fraction of sp³-hybridized carbons (Fsp3) is 0.450. The van der Waals surface area contributed by atoms with Crippen LogP contribution >= 0.6 is 0 Å². The highest BCUT2D eigenvalue weighted by Gasteiger charge is 2.33. The van der Waals surface area contributed by atoms with Crippen molar-refractivity contribution in [1.29, 1.82) is 0 Å². The number of hydrogen-bond donors (Lipinski definition) is 0. The number of carbonyl (C=O) groups excluding carboxylic acids is 2. The number of esters is 1. The van der Waals surface area contributed by atoms with E-state index < -0.39 is 28.3 Å². The lowest BCUT2D eigenvalue weighted by Crippen LogP contribution is -2.40. The molecule has 1 aromatic carbocycles. The van der Waals surface area contributed by atoms with Crippen LogP contribution in [0.4, 0.5) is 0 Å². The number of aromatic nitrogens is 1. The highest BCUT2D eigenvalue weighted by Crippen LogP contribution is 2.24. The van der Waals surface area contributed by atoms with Crippen LogP contribution in [-0.2, 0) is 25.8 Å². The molecule has 0 bridgehead atoms. The van der Waals surface area contributed by atoms with E-state index in [1.54, 1.807) is 7.05 Å². The average molecular weight is 404 g/mol. The molecule has 0 aliphatic carbocycles. The first-order valence-corrected chi connectivity index (χ1v) is 11.1. The maximum atomic E-state index is 12.7. The fourth-order valence-electron chi connectivity index (χ4n) is 3.55. The third kappa shape index (κ3) is 4.01. The zero-order chi connectivity index (χ0) is 20.5. The number of hydrogen-bond acceptors (Lipinski definition) is 6. The van der Waals surface area contributed by atoms with E-state index >= 15 is 0 Å². The second kappa shape index (κ2) is 7.87. The van der Waals surface area contributed by atoms with Crippen LogP contribution in [0.3, 0.4) is 0 Å². The van der Waals surface area contributed by atoms with E-state index in [4.69, 9.17) is 4.74 Å². The molecule has 1 fully saturated rings. The van der Waals surface area contributed by atoms with Gasteiger partial charge in [-0.2, -0.15) is 0 Å². The summed E-state index contributed by atoms with van der Waals surface area (Å²) in [5, 5.41) is 0.867. The number of aryl methyl sites for hydroxylation is 2. The Bertz CT molecular complexity index is 1030. The molecule has 0 unspecified atom stereocenters. The molecule has 150 valence electrons. The molecule has 3 rings (SSSR count). The maximum Gasteiger partial charge on any atom is 0.340 e. The molecule has 0 spiro atoms. The highest BCUT2D eigenvalue weighted by atomic mass is 32.2. The van der Waals surface area contributed by atoms with Crippen LogP contribution < -0.4 is 0 Å². The lowest BCUT2D eigenvalue weighted by atomic mass is 10.0. The van der Waals surface area contributed by atoms with Crippen molar-refractivity contribution < 1.29 is 22.7 Å². The van der Waals surface area contributed by atoms with Crippen LogP contribution in [0, 0.1) is 6.92 Å². The summed E-state index contributed by atoms with van der Waals surface area (Å²) in [5.41, 5.74) is 2.60. The van der Waals surface area contributed by atoms with Crippen molar-refractivity contribution in [2.24, 2.45) is 0 Å². The number of ether oxygens (including phenoxy) is 1. The van der Waals surface area contributed by atoms with E-state index in [9.17, 15) is 18.0 Å². The number of amides is 1. The van der Waals surface area contributed by atoms with Gasteiger partial charge in [0, 0.05) is 18.5 Å². The molecule has 0 radical (unpaired) electrons. The number of sulfone groups is 1. The van der Waals surface area contributed by atoms with Gasteiger partial charge >= 0.3 is 5.97 Å². The van der Waals surface area contributed by atoms with Crippen LogP contribution in [0.25, 0.3) is 10.9 Å². The minimum atomic E-state index is -3.09. The van der Waals surface area contributed by atoms with Crippen molar-refractivity contribution in [3.63, 3.8) is 0 Å². The van der Waals surface area contributed by atoms with Crippen molar-refractivity contribution in [3.8, 4) is 0 Å². The molecule has 1 aliphatic rings. The summed E-state index contributed by atoms with van der Waals surface area (Å²) in [5.74, 6) is -0.971. The summed E-state index contributed by atoms with van der Waals surface area (Å²) in [7, 11) is -1.55. The molecular weight excluding hydrogens is 380 g/mol. The predicted molar refractivity (Wildman–Crippen MR) is 106 cm³/mol. The number of rotatable bonds is 5. The normalized spacial score (nSPS) is 18.2. The monoisotopic (exact) mass is 404 g/mol. The van der Waals surface area contributed by atoms with Gasteiger partial charge in [0.25, 0.3) is 5.91 Å². The van der Waals surface area contributed by atoms with Crippen LogP contribution in [0.5, 0.6) is 0 Å². The third-order valence-corrected chi connectivity index (χ3v) is 6.99. The highest BCUT2D eigenvalue weighted by molar-refractivity contribution is 7.91. The van der Waals surface area contributed by atoms with Crippen LogP contribution in [0.1, 0.15) is 35.0 Å². The Balaban J connectivity index is 1.74. The molecule has 1 saturated heterocycles. The average Bonchev–Trinajstić information content (AvgIpc) is 3.04. The molecule has 1 aliphatic heterocycles. The van der Waals surface area contributed by atoms with E-state index in [0.717, 1.165) is 16.5 Å². The third-order valence-electron chi connectivity index (χ3n) is 5.24. The zero-order valence-electron chi connectivity index (χ0n) is 16.3. The SMILES string of the molecule is CCc1nc2ccccc2c(C)c1C(=O)OCC(=O)N(C)[C@H]1CCS(=O)(=O)C1. The lowest BCUT2D eigenvalue weighted by Gasteiger charge is -2.23. The van der Waals surface area contributed by atoms with Crippen molar-refractivity contribution >= 4 is 32.6 Å². The van der Waals surface area contributed by atoms with Crippen molar-refractivity contribution in [1.82, 2.24) is 9.88 Å². The first-order chi connectivity index (χ1) is 13.2. The van der Waals surface area contributed by atoms with Crippen LogP contribution in [0.15, 0.2) is 24.3 Å². The van der Waals surface area contributed by atoms with Gasteiger partial charge < -0.3 is 9.64 Å². The molecule has 1 amide bonds. The van der Waals surface area contributed by atoms with E-state index in [1.165, 1.54) is 4.90 Å². The summed E-state index contributed by atoms with van der Waals surface area (Å²) < 4.78 is 28.5. The maximum absolute atomic E-state index is 12.7. The number of benzene rings is 1. The minimum absolute atomic E-state index is 0.0448. The van der Waals surface area contributed by atoms with E-state index in [2.05, 4.69) is 4.98 Å². The van der Waals surface area contributed by atoms with Gasteiger partial charge in [-0.15, -0.1) is 0 Å². The molecule has 0 N–H and O–H groups in total. The second-order valence-corrected chi connectivity index (χ2v) is 9.30. The standard InChI is InChI=1S/C20H24N2O5S/c1-4-16-19(13(2)15-7-5-6-8-17(15)21-16)20(24)27-11-18(23)22(3)14-9-10-28(25,26)12-14/h5-8,14H,4,9-12H2,1-3H3/t14-/m0/s1. The number of nitrogens with zero attached hydrogens (tertiary/aromatic N) is 2. The molecule has 7 nitrogen and oxygen atoms in total. The Morgan fingerprint density at radius 1 is 1.29 bits per heavy atom. The molecule has 1 atom stereocenters. The number of likely N-dealkylation sites (N-methyl/N-ethyl adjacent to an activating group) is 1. The smallest absolute Gasteiger partial charge is 0.340 e. The summed E-state index contributed by atoms with van der Waals surface area (Å²) in [6.45, 7) is 3.32. The minimum Gasteiger partial charge on any atom is -0.452 e. The van der Waals surface area contributed by atoms with Gasteiger partial charge in [-0.1, -0.05) is 25.1 Å². The van der Waals surface area contributed by atoms with E-state index in [-0.39, 0.29) is 17.5 Å². The van der Waals surface area contributed by atoms with Gasteiger partial charge in [-0.25, -0.2) is 13.2 Å². The van der Waals surface area contributed by atoms with Gasteiger partial charge in [-0.05, 0) is 31.4 Å². The molecule has 2 heterocycles. The fourth-order valence-corrected chi connectivity index (χ4v) is 5.33. The largest absolute Gasteiger partial charge is 0.452 e.